The molecule has 1 N–H and O–H groups in total. The van der Waals surface area contributed by atoms with Crippen LogP contribution in [0.25, 0.3) is 0 Å². The van der Waals surface area contributed by atoms with E-state index in [-0.39, 0.29) is 0 Å². The number of nitrogens with one attached hydrogen (secondary N) is 1. The monoisotopic (exact) mass is 366 g/mol. The highest BCUT2D eigenvalue weighted by molar-refractivity contribution is 6.35. The summed E-state index contributed by atoms with van der Waals surface area (Å²) in [6, 6.07) is 11.1. The number of nitrogens with zero attached hydrogens (tertiary/aromatic N) is 1. The van der Waals surface area contributed by atoms with Crippen molar-refractivity contribution in [3.05, 3.63) is 57.6 Å². The zero-order valence-electron chi connectivity index (χ0n) is 13.7. The van der Waals surface area contributed by atoms with Gasteiger partial charge >= 0.3 is 0 Å². The molecule has 0 amide bonds. The van der Waals surface area contributed by atoms with Crippen molar-refractivity contribution in [3.8, 4) is 11.5 Å². The van der Waals surface area contributed by atoms with E-state index < -0.39 is 0 Å². The average Bonchev–Trinajstić information content (AvgIpc) is 2.59. The first-order chi connectivity index (χ1) is 11.7. The average molecular weight is 367 g/mol. The lowest BCUT2D eigenvalue weighted by Crippen LogP contribution is -2.06. The predicted octanol–water partition coefficient (Wildman–Crippen LogP) is 4.91. The van der Waals surface area contributed by atoms with E-state index in [4.69, 9.17) is 32.7 Å². The fraction of sp³-hybridized carbons (Fsp3) is 0.278. The summed E-state index contributed by atoms with van der Waals surface area (Å²) in [5.41, 5.74) is 4.66. The summed E-state index contributed by atoms with van der Waals surface area (Å²) in [5.74, 6) is 1.41. The third-order valence-electron chi connectivity index (χ3n) is 3.27. The highest BCUT2D eigenvalue weighted by atomic mass is 35.5. The molecular weight excluding hydrogens is 347 g/mol. The van der Waals surface area contributed by atoms with E-state index in [1.807, 2.05) is 24.3 Å². The van der Waals surface area contributed by atoms with Gasteiger partial charge in [-0.15, -0.1) is 0 Å². The molecule has 0 radical (unpaired) electrons. The molecule has 2 rings (SSSR count). The molecule has 0 aliphatic carbocycles. The lowest BCUT2D eigenvalue weighted by Gasteiger charge is -2.10. The smallest absolute Gasteiger partial charge is 0.161 e. The van der Waals surface area contributed by atoms with Crippen molar-refractivity contribution < 1.29 is 9.47 Å². The Balaban J connectivity index is 1.99. The molecule has 0 heterocycles. The molecule has 0 bridgehead atoms. The van der Waals surface area contributed by atoms with E-state index in [2.05, 4.69) is 17.5 Å². The Bertz CT molecular complexity index is 685. The van der Waals surface area contributed by atoms with E-state index in [0.29, 0.717) is 28.9 Å². The van der Waals surface area contributed by atoms with Gasteiger partial charge < -0.3 is 14.9 Å². The van der Waals surface area contributed by atoms with E-state index in [1.165, 1.54) is 0 Å². The van der Waals surface area contributed by atoms with Crippen molar-refractivity contribution >= 4 is 29.4 Å². The summed E-state index contributed by atoms with van der Waals surface area (Å²) in [6.07, 6.45) is 2.65. The van der Waals surface area contributed by atoms with Crippen LogP contribution in [-0.4, -0.2) is 19.9 Å². The van der Waals surface area contributed by atoms with Gasteiger partial charge in [0, 0.05) is 15.6 Å². The summed E-state index contributed by atoms with van der Waals surface area (Å²) in [4.78, 5) is 0. The third kappa shape index (κ3) is 5.05. The molecule has 0 atom stereocenters. The fourth-order valence-electron chi connectivity index (χ4n) is 2.04. The van der Waals surface area contributed by atoms with Crippen molar-refractivity contribution in [2.24, 2.45) is 5.10 Å². The predicted molar refractivity (Wildman–Crippen MR) is 99.7 cm³/mol. The largest absolute Gasteiger partial charge is 0.493 e. The Morgan fingerprint density at radius 1 is 1.12 bits per heavy atom. The van der Waals surface area contributed by atoms with E-state index in [0.717, 1.165) is 23.3 Å². The second-order valence-corrected chi connectivity index (χ2v) is 5.87. The van der Waals surface area contributed by atoms with Crippen LogP contribution in [0.15, 0.2) is 41.5 Å². The van der Waals surface area contributed by atoms with Crippen LogP contribution in [0.3, 0.4) is 0 Å². The number of rotatable bonds is 8. The van der Waals surface area contributed by atoms with Crippen molar-refractivity contribution in [2.75, 3.05) is 13.7 Å². The zero-order chi connectivity index (χ0) is 17.4. The number of hydrazone groups is 1. The summed E-state index contributed by atoms with van der Waals surface area (Å²) < 4.78 is 11.0. The molecular formula is C18H20Cl2N2O2. The van der Waals surface area contributed by atoms with Crippen LogP contribution in [0.4, 0.5) is 0 Å². The fourth-order valence-corrected chi connectivity index (χ4v) is 2.57. The first-order valence-electron chi connectivity index (χ1n) is 7.65. The normalized spacial score (nSPS) is 10.8. The zero-order valence-corrected chi connectivity index (χ0v) is 15.2. The third-order valence-corrected chi connectivity index (χ3v) is 3.98. The minimum atomic E-state index is 0.448. The van der Waals surface area contributed by atoms with Gasteiger partial charge in [-0.25, -0.2) is 0 Å². The minimum Gasteiger partial charge on any atom is -0.493 e. The maximum atomic E-state index is 6.12. The number of halogens is 2. The summed E-state index contributed by atoms with van der Waals surface area (Å²) in [6.45, 7) is 3.16. The van der Waals surface area contributed by atoms with Crippen molar-refractivity contribution in [2.45, 2.75) is 19.9 Å². The number of hydrogen-bond donors (Lipinski definition) is 1. The Morgan fingerprint density at radius 2 is 1.88 bits per heavy atom. The van der Waals surface area contributed by atoms with Crippen LogP contribution in [-0.2, 0) is 6.54 Å². The lowest BCUT2D eigenvalue weighted by atomic mass is 10.2. The SMILES string of the molecule is CCCOc1ccc(/C=N\NCc2c(Cl)cccc2Cl)cc1OC. The lowest BCUT2D eigenvalue weighted by molar-refractivity contribution is 0.294. The van der Waals surface area contributed by atoms with E-state index >= 15 is 0 Å². The Hall–Kier alpha value is -1.91. The van der Waals surface area contributed by atoms with Gasteiger partial charge in [0.25, 0.3) is 0 Å². The number of benzene rings is 2. The van der Waals surface area contributed by atoms with Gasteiger partial charge in [-0.05, 0) is 42.3 Å². The molecule has 0 fully saturated rings. The molecule has 0 spiro atoms. The second kappa shape index (κ2) is 9.40. The highest BCUT2D eigenvalue weighted by Crippen LogP contribution is 2.27. The molecule has 6 heteroatoms. The topological polar surface area (TPSA) is 42.8 Å². The standard InChI is InChI=1S/C18H20Cl2N2O2/c1-3-9-24-17-8-7-13(10-18(17)23-2)11-21-22-12-14-15(19)5-4-6-16(14)20/h4-8,10-11,22H,3,9,12H2,1-2H3/b21-11-. The first-order valence-corrected chi connectivity index (χ1v) is 8.41. The Labute approximate surface area is 152 Å². The molecule has 0 aliphatic heterocycles. The quantitative estimate of drug-likeness (QED) is 0.532. The van der Waals surface area contributed by atoms with Crippen molar-refractivity contribution in [1.29, 1.82) is 0 Å². The van der Waals surface area contributed by atoms with Gasteiger partial charge in [-0.1, -0.05) is 36.2 Å². The van der Waals surface area contributed by atoms with Gasteiger partial charge in [0.15, 0.2) is 11.5 Å². The van der Waals surface area contributed by atoms with Crippen molar-refractivity contribution in [3.63, 3.8) is 0 Å². The van der Waals surface area contributed by atoms with Gasteiger partial charge in [-0.2, -0.15) is 5.10 Å². The van der Waals surface area contributed by atoms with Gasteiger partial charge in [0.1, 0.15) is 0 Å². The Morgan fingerprint density at radius 3 is 2.54 bits per heavy atom. The molecule has 2 aromatic rings. The van der Waals surface area contributed by atoms with Gasteiger partial charge in [-0.3, -0.25) is 0 Å². The Kier molecular flexibility index (Phi) is 7.22. The van der Waals surface area contributed by atoms with Crippen LogP contribution in [0.5, 0.6) is 11.5 Å². The molecule has 4 nitrogen and oxygen atoms in total. The van der Waals surface area contributed by atoms with Gasteiger partial charge in [0.05, 0.1) is 26.5 Å². The molecule has 0 saturated heterocycles. The van der Waals surface area contributed by atoms with Crippen molar-refractivity contribution in [1.82, 2.24) is 5.43 Å². The summed E-state index contributed by atoms with van der Waals surface area (Å²) in [5, 5.41) is 5.43. The molecule has 2 aromatic carbocycles. The number of ether oxygens (including phenoxy) is 2. The van der Waals surface area contributed by atoms with Gasteiger partial charge in [0.2, 0.25) is 0 Å². The van der Waals surface area contributed by atoms with Crippen LogP contribution in [0.1, 0.15) is 24.5 Å². The molecule has 128 valence electrons. The molecule has 0 saturated carbocycles. The minimum absolute atomic E-state index is 0.448. The van der Waals surface area contributed by atoms with Crippen LogP contribution < -0.4 is 14.9 Å². The van der Waals surface area contributed by atoms with E-state index in [1.54, 1.807) is 25.5 Å². The molecule has 24 heavy (non-hydrogen) atoms. The highest BCUT2D eigenvalue weighted by Gasteiger charge is 2.05. The van der Waals surface area contributed by atoms with E-state index in [9.17, 15) is 0 Å². The van der Waals surface area contributed by atoms with Crippen LogP contribution in [0.2, 0.25) is 10.0 Å². The first kappa shape index (κ1) is 18.4. The second-order valence-electron chi connectivity index (χ2n) is 5.05. The maximum absolute atomic E-state index is 6.12. The molecule has 0 aromatic heterocycles. The summed E-state index contributed by atoms with van der Waals surface area (Å²) >= 11 is 12.2. The molecule has 0 unspecified atom stereocenters. The molecule has 0 aliphatic rings. The van der Waals surface area contributed by atoms with Crippen LogP contribution >= 0.6 is 23.2 Å². The summed E-state index contributed by atoms with van der Waals surface area (Å²) in [7, 11) is 1.62. The number of hydrogen-bond acceptors (Lipinski definition) is 4. The van der Waals surface area contributed by atoms with Crippen LogP contribution in [0, 0.1) is 0 Å². The number of methoxy groups -OCH3 is 1. The maximum Gasteiger partial charge on any atom is 0.161 e.